The van der Waals surface area contributed by atoms with Crippen molar-refractivity contribution in [3.63, 3.8) is 0 Å². The third-order valence-corrected chi connectivity index (χ3v) is 1.91. The zero-order chi connectivity index (χ0) is 11.7. The molecule has 86 valence electrons. The lowest BCUT2D eigenvalue weighted by molar-refractivity contribution is -0.141. The largest absolute Gasteiger partial charge is 0.481 e. The molecule has 0 rings (SSSR count). The molecule has 0 aromatic rings. The number of hydrogen-bond donors (Lipinski definition) is 1. The summed E-state index contributed by atoms with van der Waals surface area (Å²) in [6.45, 7) is 2.14. The maximum absolute atomic E-state index is 11.3. The minimum Gasteiger partial charge on any atom is -0.481 e. The van der Waals surface area contributed by atoms with Crippen LogP contribution in [0.3, 0.4) is 0 Å². The summed E-state index contributed by atoms with van der Waals surface area (Å²) in [4.78, 5) is 31.7. The molecule has 0 amide bonds. The normalized spacial score (nSPS) is 11.8. The Kier molecular flexibility index (Phi) is 7.23. The van der Waals surface area contributed by atoms with Gasteiger partial charge in [-0.15, -0.1) is 0 Å². The van der Waals surface area contributed by atoms with Crippen molar-refractivity contribution in [1.29, 1.82) is 0 Å². The molecule has 0 aliphatic carbocycles. The van der Waals surface area contributed by atoms with Gasteiger partial charge >= 0.3 is 5.97 Å². The van der Waals surface area contributed by atoms with Gasteiger partial charge in [0.15, 0.2) is 0 Å². The predicted molar refractivity (Wildman–Crippen MR) is 52.3 cm³/mol. The van der Waals surface area contributed by atoms with E-state index in [0.29, 0.717) is 6.42 Å². The van der Waals surface area contributed by atoms with Crippen LogP contribution in [0, 0.1) is 5.92 Å². The molecule has 5 nitrogen and oxygen atoms in total. The molecule has 0 fully saturated rings. The SMILES string of the molecule is CCCC(=O)CC(COC=O)CC(=O)O. The van der Waals surface area contributed by atoms with Crippen molar-refractivity contribution in [1.82, 2.24) is 0 Å². The Morgan fingerprint density at radius 2 is 2.07 bits per heavy atom. The van der Waals surface area contributed by atoms with Crippen LogP contribution >= 0.6 is 0 Å². The molecule has 0 aromatic carbocycles. The van der Waals surface area contributed by atoms with Crippen LogP contribution in [0.25, 0.3) is 0 Å². The smallest absolute Gasteiger partial charge is 0.303 e. The van der Waals surface area contributed by atoms with Crippen LogP contribution in [-0.4, -0.2) is 29.9 Å². The van der Waals surface area contributed by atoms with E-state index in [0.717, 1.165) is 6.42 Å². The molecule has 0 radical (unpaired) electrons. The van der Waals surface area contributed by atoms with E-state index in [-0.39, 0.29) is 31.7 Å². The Morgan fingerprint density at radius 1 is 1.40 bits per heavy atom. The second-order valence-electron chi connectivity index (χ2n) is 3.39. The van der Waals surface area contributed by atoms with Gasteiger partial charge in [0.25, 0.3) is 6.47 Å². The standard InChI is InChI=1S/C10H16O5/c1-2-3-9(12)4-8(5-10(13)14)6-15-7-11/h7-8H,2-6H2,1H3,(H,13,14). The van der Waals surface area contributed by atoms with E-state index in [4.69, 9.17) is 5.11 Å². The molecule has 0 spiro atoms. The fraction of sp³-hybridized carbons (Fsp3) is 0.700. The fourth-order valence-electron chi connectivity index (χ4n) is 1.32. The summed E-state index contributed by atoms with van der Waals surface area (Å²) in [5.41, 5.74) is 0. The Morgan fingerprint density at radius 3 is 2.53 bits per heavy atom. The van der Waals surface area contributed by atoms with E-state index in [1.54, 1.807) is 0 Å². The highest BCUT2D eigenvalue weighted by molar-refractivity contribution is 5.79. The molecule has 0 aliphatic heterocycles. The molecule has 1 N–H and O–H groups in total. The number of ketones is 1. The summed E-state index contributed by atoms with van der Waals surface area (Å²) in [7, 11) is 0. The highest BCUT2D eigenvalue weighted by Gasteiger charge is 2.17. The Balaban J connectivity index is 4.04. The van der Waals surface area contributed by atoms with Gasteiger partial charge in [-0.2, -0.15) is 0 Å². The summed E-state index contributed by atoms with van der Waals surface area (Å²) in [6, 6.07) is 0. The van der Waals surface area contributed by atoms with E-state index < -0.39 is 11.9 Å². The topological polar surface area (TPSA) is 80.7 Å². The van der Waals surface area contributed by atoms with Crippen LogP contribution in [-0.2, 0) is 19.1 Å². The van der Waals surface area contributed by atoms with Gasteiger partial charge in [0.2, 0.25) is 0 Å². The number of hydrogen-bond acceptors (Lipinski definition) is 4. The van der Waals surface area contributed by atoms with Crippen LogP contribution in [0.2, 0.25) is 0 Å². The minimum atomic E-state index is -0.987. The third kappa shape index (κ3) is 7.66. The number of aliphatic carboxylic acids is 1. The highest BCUT2D eigenvalue weighted by Crippen LogP contribution is 2.11. The Hall–Kier alpha value is -1.39. The number of carboxylic acids is 1. The van der Waals surface area contributed by atoms with Gasteiger partial charge in [0.05, 0.1) is 13.0 Å². The molecule has 5 heteroatoms. The molecule has 0 saturated heterocycles. The first-order valence-electron chi connectivity index (χ1n) is 4.88. The molecule has 0 aliphatic rings. The summed E-state index contributed by atoms with van der Waals surface area (Å²) < 4.78 is 4.48. The molecule has 1 atom stereocenters. The maximum atomic E-state index is 11.3. The average molecular weight is 216 g/mol. The summed E-state index contributed by atoms with van der Waals surface area (Å²) in [6.07, 6.45) is 1.20. The van der Waals surface area contributed by atoms with Crippen molar-refractivity contribution in [3.05, 3.63) is 0 Å². The van der Waals surface area contributed by atoms with Gasteiger partial charge in [0.1, 0.15) is 5.78 Å². The van der Waals surface area contributed by atoms with Crippen molar-refractivity contribution in [2.24, 2.45) is 5.92 Å². The molecule has 15 heavy (non-hydrogen) atoms. The van der Waals surface area contributed by atoms with Gasteiger partial charge in [-0.3, -0.25) is 14.4 Å². The first-order valence-corrected chi connectivity index (χ1v) is 4.88. The van der Waals surface area contributed by atoms with E-state index in [1.165, 1.54) is 0 Å². The number of carbonyl (C=O) groups is 3. The summed E-state index contributed by atoms with van der Waals surface area (Å²) in [5, 5.41) is 8.57. The zero-order valence-electron chi connectivity index (χ0n) is 8.77. The van der Waals surface area contributed by atoms with Crippen molar-refractivity contribution >= 4 is 18.2 Å². The van der Waals surface area contributed by atoms with Gasteiger partial charge in [-0.25, -0.2) is 0 Å². The van der Waals surface area contributed by atoms with Gasteiger partial charge in [-0.05, 0) is 6.42 Å². The van der Waals surface area contributed by atoms with Crippen molar-refractivity contribution < 1.29 is 24.2 Å². The quantitative estimate of drug-likeness (QED) is 0.582. The lowest BCUT2D eigenvalue weighted by Gasteiger charge is -2.11. The van der Waals surface area contributed by atoms with E-state index in [9.17, 15) is 14.4 Å². The third-order valence-electron chi connectivity index (χ3n) is 1.91. The van der Waals surface area contributed by atoms with Crippen LogP contribution in [0.15, 0.2) is 0 Å². The summed E-state index contributed by atoms with van der Waals surface area (Å²) >= 11 is 0. The monoisotopic (exact) mass is 216 g/mol. The predicted octanol–water partition coefficient (Wildman–Crippen LogP) is 1.01. The lowest BCUT2D eigenvalue weighted by atomic mass is 9.98. The molecule has 1 unspecified atom stereocenters. The number of carbonyl (C=O) groups excluding carboxylic acids is 2. The average Bonchev–Trinajstić information content (AvgIpc) is 2.13. The first-order chi connectivity index (χ1) is 7.10. The van der Waals surface area contributed by atoms with Crippen molar-refractivity contribution in [2.75, 3.05) is 6.61 Å². The second kappa shape index (κ2) is 7.96. The van der Waals surface area contributed by atoms with E-state index in [2.05, 4.69) is 4.74 Å². The molecule has 0 heterocycles. The number of rotatable bonds is 9. The van der Waals surface area contributed by atoms with Crippen molar-refractivity contribution in [3.8, 4) is 0 Å². The lowest BCUT2D eigenvalue weighted by Crippen LogP contribution is -2.18. The minimum absolute atomic E-state index is 0.00868. The highest BCUT2D eigenvalue weighted by atomic mass is 16.5. The van der Waals surface area contributed by atoms with Gasteiger partial charge in [0, 0.05) is 18.8 Å². The Bertz CT molecular complexity index is 224. The van der Waals surface area contributed by atoms with Crippen LogP contribution in [0.5, 0.6) is 0 Å². The van der Waals surface area contributed by atoms with E-state index in [1.807, 2.05) is 6.92 Å². The first kappa shape index (κ1) is 13.6. The van der Waals surface area contributed by atoms with E-state index >= 15 is 0 Å². The number of ether oxygens (including phenoxy) is 1. The van der Waals surface area contributed by atoms with Crippen LogP contribution in [0.4, 0.5) is 0 Å². The fourth-order valence-corrected chi connectivity index (χ4v) is 1.32. The zero-order valence-corrected chi connectivity index (χ0v) is 8.77. The summed E-state index contributed by atoms with van der Waals surface area (Å²) in [5.74, 6) is -1.39. The molecular formula is C10H16O5. The molecular weight excluding hydrogens is 200 g/mol. The second-order valence-corrected chi connectivity index (χ2v) is 3.39. The maximum Gasteiger partial charge on any atom is 0.303 e. The van der Waals surface area contributed by atoms with Crippen molar-refractivity contribution in [2.45, 2.75) is 32.6 Å². The molecule has 0 saturated carbocycles. The molecule has 0 aromatic heterocycles. The number of Topliss-reactive ketones (excluding diaryl/α,β-unsaturated/α-hetero) is 1. The van der Waals surface area contributed by atoms with Gasteiger partial charge < -0.3 is 9.84 Å². The number of carboxylic acid groups (broad SMARTS) is 1. The Labute approximate surface area is 88.4 Å². The van der Waals surface area contributed by atoms with Gasteiger partial charge in [-0.1, -0.05) is 6.92 Å². The molecule has 0 bridgehead atoms. The van der Waals surface area contributed by atoms with Crippen LogP contribution in [0.1, 0.15) is 32.6 Å². The van der Waals surface area contributed by atoms with Crippen LogP contribution < -0.4 is 0 Å².